The van der Waals surface area contributed by atoms with Gasteiger partial charge in [-0.15, -0.1) is 0 Å². The number of ether oxygens (including phenoxy) is 1. The van der Waals surface area contributed by atoms with Crippen LogP contribution in [0.25, 0.3) is 10.8 Å². The van der Waals surface area contributed by atoms with Gasteiger partial charge in [-0.05, 0) is 93.1 Å². The summed E-state index contributed by atoms with van der Waals surface area (Å²) in [6.07, 6.45) is 9.59. The molecule has 0 amide bonds. The Morgan fingerprint density at radius 1 is 1.00 bits per heavy atom. The van der Waals surface area contributed by atoms with Crippen LogP contribution in [-0.2, 0) is 0 Å². The largest absolute Gasteiger partial charge is 0.490 e. The second-order valence-corrected chi connectivity index (χ2v) is 7.42. The fourth-order valence-corrected chi connectivity index (χ4v) is 3.70. The third kappa shape index (κ3) is 3.81. The zero-order valence-corrected chi connectivity index (χ0v) is 14.1. The summed E-state index contributed by atoms with van der Waals surface area (Å²) in [4.78, 5) is 14.5. The predicted molar refractivity (Wildman–Crippen MR) is 96.5 cm³/mol. The molecule has 0 bridgehead atoms. The van der Waals surface area contributed by atoms with Crippen LogP contribution in [-0.4, -0.2) is 24.2 Å². The van der Waals surface area contributed by atoms with Crippen molar-refractivity contribution in [1.82, 2.24) is 10.3 Å². The first kappa shape index (κ1) is 15.7. The first-order valence-electron chi connectivity index (χ1n) is 9.27. The van der Waals surface area contributed by atoms with E-state index in [1.54, 1.807) is 6.20 Å². The zero-order chi connectivity index (χ0) is 16.4. The summed E-state index contributed by atoms with van der Waals surface area (Å²) in [6.45, 7) is 2.38. The molecule has 2 aromatic rings. The molecule has 4 nitrogen and oxygen atoms in total. The van der Waals surface area contributed by atoms with Crippen LogP contribution in [0, 0.1) is 11.8 Å². The van der Waals surface area contributed by atoms with Crippen LogP contribution in [0.2, 0.25) is 0 Å². The van der Waals surface area contributed by atoms with E-state index in [0.717, 1.165) is 41.2 Å². The van der Waals surface area contributed by atoms with Gasteiger partial charge in [0.2, 0.25) is 0 Å². The SMILES string of the molecule is O=c1[nH]ccc2cc(OC3CCC(CNCC4CC4)CC3)ccc12. The number of rotatable bonds is 6. The molecule has 2 fully saturated rings. The van der Waals surface area contributed by atoms with Crippen molar-refractivity contribution in [2.45, 2.75) is 44.6 Å². The first-order chi connectivity index (χ1) is 11.8. The van der Waals surface area contributed by atoms with E-state index in [9.17, 15) is 4.79 Å². The number of benzene rings is 1. The fourth-order valence-electron chi connectivity index (χ4n) is 3.70. The molecule has 1 heterocycles. The van der Waals surface area contributed by atoms with Crippen molar-refractivity contribution in [3.05, 3.63) is 40.8 Å². The van der Waals surface area contributed by atoms with Crippen LogP contribution < -0.4 is 15.6 Å². The van der Waals surface area contributed by atoms with Gasteiger partial charge in [0.25, 0.3) is 5.56 Å². The summed E-state index contributed by atoms with van der Waals surface area (Å²) >= 11 is 0. The zero-order valence-electron chi connectivity index (χ0n) is 14.1. The molecule has 0 aliphatic heterocycles. The van der Waals surface area contributed by atoms with Crippen LogP contribution in [0.15, 0.2) is 35.3 Å². The first-order valence-corrected chi connectivity index (χ1v) is 9.27. The van der Waals surface area contributed by atoms with E-state index in [4.69, 9.17) is 4.74 Å². The summed E-state index contributed by atoms with van der Waals surface area (Å²) in [5.74, 6) is 2.65. The molecule has 2 saturated carbocycles. The van der Waals surface area contributed by atoms with Crippen LogP contribution in [0.3, 0.4) is 0 Å². The Hall–Kier alpha value is -1.81. The van der Waals surface area contributed by atoms with Gasteiger partial charge in [-0.2, -0.15) is 0 Å². The predicted octanol–water partition coefficient (Wildman–Crippen LogP) is 3.47. The van der Waals surface area contributed by atoms with E-state index in [-0.39, 0.29) is 5.56 Å². The lowest BCUT2D eigenvalue weighted by Crippen LogP contribution is -2.31. The molecule has 2 aliphatic carbocycles. The Morgan fingerprint density at radius 3 is 2.42 bits per heavy atom. The molecule has 0 saturated heterocycles. The third-order valence-electron chi connectivity index (χ3n) is 5.40. The van der Waals surface area contributed by atoms with Gasteiger partial charge in [0.15, 0.2) is 0 Å². The molecule has 4 heteroatoms. The molecule has 24 heavy (non-hydrogen) atoms. The number of pyridine rings is 1. The van der Waals surface area contributed by atoms with Gasteiger partial charge in [0.05, 0.1) is 6.10 Å². The fraction of sp³-hybridized carbons (Fsp3) is 0.550. The van der Waals surface area contributed by atoms with E-state index in [0.29, 0.717) is 6.10 Å². The Bertz CT molecular complexity index is 743. The van der Waals surface area contributed by atoms with Gasteiger partial charge in [-0.1, -0.05) is 0 Å². The molecule has 2 aliphatic rings. The van der Waals surface area contributed by atoms with Crippen molar-refractivity contribution >= 4 is 10.8 Å². The Balaban J connectivity index is 1.29. The second-order valence-electron chi connectivity index (χ2n) is 7.42. The highest BCUT2D eigenvalue weighted by molar-refractivity contribution is 5.82. The Morgan fingerprint density at radius 2 is 1.71 bits per heavy atom. The van der Waals surface area contributed by atoms with E-state index in [1.807, 2.05) is 24.3 Å². The Labute approximate surface area is 142 Å². The van der Waals surface area contributed by atoms with Crippen molar-refractivity contribution in [1.29, 1.82) is 0 Å². The van der Waals surface area contributed by atoms with Gasteiger partial charge in [0, 0.05) is 11.6 Å². The van der Waals surface area contributed by atoms with Gasteiger partial charge in [-0.25, -0.2) is 0 Å². The molecular weight excluding hydrogens is 300 g/mol. The molecule has 0 spiro atoms. The minimum absolute atomic E-state index is 0.0433. The average Bonchev–Trinajstić information content (AvgIpc) is 3.41. The van der Waals surface area contributed by atoms with Crippen molar-refractivity contribution in [3.8, 4) is 5.75 Å². The average molecular weight is 326 g/mol. The topological polar surface area (TPSA) is 54.1 Å². The number of H-pyrrole nitrogens is 1. The smallest absolute Gasteiger partial charge is 0.255 e. The highest BCUT2D eigenvalue weighted by atomic mass is 16.5. The van der Waals surface area contributed by atoms with Crippen LogP contribution in [0.1, 0.15) is 38.5 Å². The monoisotopic (exact) mass is 326 g/mol. The van der Waals surface area contributed by atoms with Gasteiger partial charge < -0.3 is 15.0 Å². The van der Waals surface area contributed by atoms with Crippen molar-refractivity contribution in [3.63, 3.8) is 0 Å². The standard InChI is InChI=1S/C20H26N2O2/c23-20-19-8-7-18(11-16(19)9-10-22-20)24-17-5-3-15(4-6-17)13-21-12-14-1-2-14/h7-11,14-15,17,21H,1-6,12-13H2,(H,22,23). The number of aromatic amines is 1. The lowest BCUT2D eigenvalue weighted by molar-refractivity contribution is 0.130. The van der Waals surface area contributed by atoms with Crippen molar-refractivity contribution < 1.29 is 4.74 Å². The maximum absolute atomic E-state index is 11.7. The molecule has 0 unspecified atom stereocenters. The second kappa shape index (κ2) is 6.98. The quantitative estimate of drug-likeness (QED) is 0.855. The van der Waals surface area contributed by atoms with Crippen LogP contribution in [0.4, 0.5) is 0 Å². The highest BCUT2D eigenvalue weighted by Gasteiger charge is 2.24. The number of aromatic nitrogens is 1. The summed E-state index contributed by atoms with van der Waals surface area (Å²) in [5.41, 5.74) is -0.0433. The van der Waals surface area contributed by atoms with Crippen LogP contribution >= 0.6 is 0 Å². The number of hydrogen-bond acceptors (Lipinski definition) is 3. The van der Waals surface area contributed by atoms with Crippen molar-refractivity contribution in [2.24, 2.45) is 11.8 Å². The van der Waals surface area contributed by atoms with Gasteiger partial charge >= 0.3 is 0 Å². The highest BCUT2D eigenvalue weighted by Crippen LogP contribution is 2.30. The van der Waals surface area contributed by atoms with Gasteiger partial charge in [0.1, 0.15) is 5.75 Å². The number of hydrogen-bond donors (Lipinski definition) is 2. The molecule has 4 rings (SSSR count). The Kier molecular flexibility index (Phi) is 4.56. The molecule has 1 aromatic heterocycles. The molecule has 1 aromatic carbocycles. The van der Waals surface area contributed by atoms with Crippen molar-refractivity contribution in [2.75, 3.05) is 13.1 Å². The lowest BCUT2D eigenvalue weighted by Gasteiger charge is -2.29. The summed E-state index contributed by atoms with van der Waals surface area (Å²) < 4.78 is 6.17. The van der Waals surface area contributed by atoms with E-state index >= 15 is 0 Å². The number of nitrogens with one attached hydrogen (secondary N) is 2. The molecular formula is C20H26N2O2. The van der Waals surface area contributed by atoms with Crippen LogP contribution in [0.5, 0.6) is 5.75 Å². The molecule has 0 radical (unpaired) electrons. The maximum atomic E-state index is 11.7. The lowest BCUT2D eigenvalue weighted by atomic mass is 9.87. The van der Waals surface area contributed by atoms with Gasteiger partial charge in [-0.3, -0.25) is 4.79 Å². The van der Waals surface area contributed by atoms with E-state index in [1.165, 1.54) is 38.8 Å². The minimum Gasteiger partial charge on any atom is -0.490 e. The maximum Gasteiger partial charge on any atom is 0.255 e. The third-order valence-corrected chi connectivity index (χ3v) is 5.40. The minimum atomic E-state index is -0.0433. The molecule has 128 valence electrons. The van der Waals surface area contributed by atoms with E-state index < -0.39 is 0 Å². The summed E-state index contributed by atoms with van der Waals surface area (Å²) in [5, 5.41) is 5.29. The summed E-state index contributed by atoms with van der Waals surface area (Å²) in [7, 11) is 0. The molecule has 0 atom stereocenters. The number of fused-ring (bicyclic) bond motifs is 1. The molecule has 2 N–H and O–H groups in total. The summed E-state index contributed by atoms with van der Waals surface area (Å²) in [6, 6.07) is 7.68. The normalized spacial score (nSPS) is 24.2. The van der Waals surface area contributed by atoms with E-state index in [2.05, 4.69) is 10.3 Å².